The SMILES string of the molecule is COc1cc(C(=O)c2cn(-c3ncccn3)cc2-c2ccco2)cc(OC)c1OC. The van der Waals surface area contributed by atoms with E-state index in [-0.39, 0.29) is 5.78 Å². The lowest BCUT2D eigenvalue weighted by Crippen LogP contribution is -2.05. The second-order valence-electron chi connectivity index (χ2n) is 6.26. The number of furan rings is 1. The van der Waals surface area contributed by atoms with Crippen molar-refractivity contribution < 1.29 is 23.4 Å². The molecular formula is C22H19N3O5. The molecule has 0 radical (unpaired) electrons. The maximum absolute atomic E-state index is 13.5. The van der Waals surface area contributed by atoms with Crippen LogP contribution in [-0.4, -0.2) is 41.6 Å². The van der Waals surface area contributed by atoms with Crippen molar-refractivity contribution >= 4 is 5.78 Å². The molecule has 152 valence electrons. The van der Waals surface area contributed by atoms with Gasteiger partial charge in [-0.05, 0) is 30.3 Å². The second-order valence-corrected chi connectivity index (χ2v) is 6.26. The number of carbonyl (C=O) groups is 1. The number of methoxy groups -OCH3 is 3. The van der Waals surface area contributed by atoms with Gasteiger partial charge < -0.3 is 18.6 Å². The van der Waals surface area contributed by atoms with E-state index in [0.29, 0.717) is 45.6 Å². The molecule has 0 amide bonds. The van der Waals surface area contributed by atoms with Gasteiger partial charge in [-0.15, -0.1) is 0 Å². The Bertz CT molecular complexity index is 1140. The minimum absolute atomic E-state index is 0.240. The van der Waals surface area contributed by atoms with Gasteiger partial charge in [0.25, 0.3) is 0 Å². The lowest BCUT2D eigenvalue weighted by molar-refractivity contribution is 0.103. The van der Waals surface area contributed by atoms with E-state index >= 15 is 0 Å². The summed E-state index contributed by atoms with van der Waals surface area (Å²) in [5.74, 6) is 1.96. The highest BCUT2D eigenvalue weighted by molar-refractivity contribution is 6.13. The van der Waals surface area contributed by atoms with Crippen molar-refractivity contribution in [2.45, 2.75) is 0 Å². The zero-order chi connectivity index (χ0) is 21.1. The Morgan fingerprint density at radius 3 is 2.23 bits per heavy atom. The number of carbonyl (C=O) groups excluding carboxylic acids is 1. The van der Waals surface area contributed by atoms with E-state index in [1.54, 1.807) is 65.9 Å². The Kier molecular flexibility index (Phi) is 5.21. The van der Waals surface area contributed by atoms with Crippen LogP contribution in [0.3, 0.4) is 0 Å². The van der Waals surface area contributed by atoms with Gasteiger partial charge in [-0.1, -0.05) is 0 Å². The number of ketones is 1. The van der Waals surface area contributed by atoms with Crippen molar-refractivity contribution in [3.05, 3.63) is 72.5 Å². The van der Waals surface area contributed by atoms with Crippen LogP contribution in [0.5, 0.6) is 17.2 Å². The lowest BCUT2D eigenvalue weighted by Gasteiger charge is -2.13. The molecule has 30 heavy (non-hydrogen) atoms. The Balaban J connectivity index is 1.86. The highest BCUT2D eigenvalue weighted by Gasteiger charge is 2.23. The Morgan fingerprint density at radius 1 is 0.967 bits per heavy atom. The lowest BCUT2D eigenvalue weighted by atomic mass is 10.0. The van der Waals surface area contributed by atoms with Crippen molar-refractivity contribution in [1.82, 2.24) is 14.5 Å². The Labute approximate surface area is 172 Å². The number of aromatic nitrogens is 3. The molecule has 8 nitrogen and oxygen atoms in total. The molecule has 8 heteroatoms. The first-order chi connectivity index (χ1) is 14.7. The molecule has 0 spiro atoms. The average molecular weight is 405 g/mol. The normalized spacial score (nSPS) is 10.6. The molecule has 4 rings (SSSR count). The van der Waals surface area contributed by atoms with E-state index in [1.165, 1.54) is 21.3 Å². The molecular weight excluding hydrogens is 386 g/mol. The fourth-order valence-corrected chi connectivity index (χ4v) is 3.17. The molecule has 0 saturated carbocycles. The van der Waals surface area contributed by atoms with Crippen molar-refractivity contribution in [3.63, 3.8) is 0 Å². The molecule has 0 unspecified atom stereocenters. The number of benzene rings is 1. The molecule has 0 aliphatic heterocycles. The van der Waals surface area contributed by atoms with Crippen LogP contribution in [0.2, 0.25) is 0 Å². The molecule has 0 bridgehead atoms. The molecule has 3 aromatic heterocycles. The van der Waals surface area contributed by atoms with Crippen LogP contribution in [0.4, 0.5) is 0 Å². The first kappa shape index (κ1) is 19.3. The average Bonchev–Trinajstić information content (AvgIpc) is 3.48. The molecule has 0 fully saturated rings. The second kappa shape index (κ2) is 8.12. The molecule has 0 N–H and O–H groups in total. The molecule has 0 aliphatic carbocycles. The van der Waals surface area contributed by atoms with E-state index < -0.39 is 0 Å². The first-order valence-corrected chi connectivity index (χ1v) is 9.04. The van der Waals surface area contributed by atoms with Crippen LogP contribution >= 0.6 is 0 Å². The highest BCUT2D eigenvalue weighted by Crippen LogP contribution is 2.39. The van der Waals surface area contributed by atoms with E-state index in [4.69, 9.17) is 18.6 Å². The van der Waals surface area contributed by atoms with Gasteiger partial charge in [0.05, 0.1) is 33.2 Å². The Hall–Kier alpha value is -4.07. The number of hydrogen-bond acceptors (Lipinski definition) is 7. The van der Waals surface area contributed by atoms with E-state index in [1.807, 2.05) is 0 Å². The van der Waals surface area contributed by atoms with Crippen LogP contribution in [0.1, 0.15) is 15.9 Å². The summed E-state index contributed by atoms with van der Waals surface area (Å²) in [5.41, 5.74) is 1.42. The van der Waals surface area contributed by atoms with Crippen LogP contribution in [-0.2, 0) is 0 Å². The molecule has 4 aromatic rings. The van der Waals surface area contributed by atoms with E-state index in [0.717, 1.165) is 0 Å². The summed E-state index contributed by atoms with van der Waals surface area (Å²) >= 11 is 0. The zero-order valence-corrected chi connectivity index (χ0v) is 16.7. The molecule has 1 aromatic carbocycles. The molecule has 0 atom stereocenters. The van der Waals surface area contributed by atoms with E-state index in [9.17, 15) is 4.79 Å². The third-order valence-electron chi connectivity index (χ3n) is 4.57. The van der Waals surface area contributed by atoms with Crippen LogP contribution < -0.4 is 14.2 Å². The maximum atomic E-state index is 13.5. The predicted molar refractivity (Wildman–Crippen MR) is 109 cm³/mol. The minimum atomic E-state index is -0.240. The standard InChI is InChI=1S/C22H19N3O5/c1-27-18-10-14(11-19(28-2)21(18)29-3)20(26)16-13-25(22-23-7-5-8-24-22)12-15(16)17-6-4-9-30-17/h4-13H,1-3H3. The van der Waals surface area contributed by atoms with Gasteiger partial charge in [-0.25, -0.2) is 9.97 Å². The number of hydrogen-bond donors (Lipinski definition) is 0. The number of rotatable bonds is 7. The molecule has 0 aliphatic rings. The van der Waals surface area contributed by atoms with Crippen molar-refractivity contribution in [2.24, 2.45) is 0 Å². The van der Waals surface area contributed by atoms with Crippen LogP contribution in [0.15, 0.2) is 65.8 Å². The minimum Gasteiger partial charge on any atom is -0.493 e. The third-order valence-corrected chi connectivity index (χ3v) is 4.57. The van der Waals surface area contributed by atoms with Crippen LogP contribution in [0.25, 0.3) is 17.3 Å². The van der Waals surface area contributed by atoms with Crippen molar-refractivity contribution in [3.8, 4) is 34.5 Å². The maximum Gasteiger partial charge on any atom is 0.233 e. The number of nitrogens with zero attached hydrogens (tertiary/aromatic N) is 3. The molecule has 0 saturated heterocycles. The Morgan fingerprint density at radius 2 is 1.67 bits per heavy atom. The highest BCUT2D eigenvalue weighted by atomic mass is 16.5. The smallest absolute Gasteiger partial charge is 0.233 e. The fourth-order valence-electron chi connectivity index (χ4n) is 3.17. The fraction of sp³-hybridized carbons (Fsp3) is 0.136. The van der Waals surface area contributed by atoms with Gasteiger partial charge in [-0.2, -0.15) is 0 Å². The monoisotopic (exact) mass is 405 g/mol. The zero-order valence-electron chi connectivity index (χ0n) is 16.7. The van der Waals surface area contributed by atoms with Gasteiger partial charge in [-0.3, -0.25) is 9.36 Å². The summed E-state index contributed by atoms with van der Waals surface area (Å²) in [4.78, 5) is 22.0. The summed E-state index contributed by atoms with van der Waals surface area (Å²) in [6.45, 7) is 0. The summed E-state index contributed by atoms with van der Waals surface area (Å²) in [6, 6.07) is 8.51. The van der Waals surface area contributed by atoms with Gasteiger partial charge in [0.2, 0.25) is 11.7 Å². The molecule has 3 heterocycles. The van der Waals surface area contributed by atoms with E-state index in [2.05, 4.69) is 9.97 Å². The van der Waals surface area contributed by atoms with Crippen molar-refractivity contribution in [2.75, 3.05) is 21.3 Å². The predicted octanol–water partition coefficient (Wildman–Crippen LogP) is 3.78. The van der Waals surface area contributed by atoms with Crippen LogP contribution in [0, 0.1) is 0 Å². The summed E-state index contributed by atoms with van der Waals surface area (Å²) < 4.78 is 23.3. The third kappa shape index (κ3) is 3.39. The first-order valence-electron chi connectivity index (χ1n) is 9.04. The van der Waals surface area contributed by atoms with Crippen molar-refractivity contribution in [1.29, 1.82) is 0 Å². The van der Waals surface area contributed by atoms with Gasteiger partial charge in [0, 0.05) is 35.9 Å². The summed E-state index contributed by atoms with van der Waals surface area (Å²) in [7, 11) is 4.52. The number of ether oxygens (including phenoxy) is 3. The largest absolute Gasteiger partial charge is 0.493 e. The summed E-state index contributed by atoms with van der Waals surface area (Å²) in [6.07, 6.45) is 8.27. The van der Waals surface area contributed by atoms with Gasteiger partial charge >= 0.3 is 0 Å². The summed E-state index contributed by atoms with van der Waals surface area (Å²) in [5, 5.41) is 0. The quantitative estimate of drug-likeness (QED) is 0.432. The van der Waals surface area contributed by atoms with Gasteiger partial charge in [0.15, 0.2) is 17.3 Å². The van der Waals surface area contributed by atoms with Gasteiger partial charge in [0.1, 0.15) is 5.76 Å². The topological polar surface area (TPSA) is 88.6 Å².